The summed E-state index contributed by atoms with van der Waals surface area (Å²) < 4.78 is 5.59. The Labute approximate surface area is 149 Å². The summed E-state index contributed by atoms with van der Waals surface area (Å²) in [6.45, 7) is 5.98. The number of nitrogens with one attached hydrogen (secondary N) is 1. The summed E-state index contributed by atoms with van der Waals surface area (Å²) in [7, 11) is 0. The summed E-state index contributed by atoms with van der Waals surface area (Å²) in [6, 6.07) is 9.14. The van der Waals surface area contributed by atoms with Crippen LogP contribution in [0.1, 0.15) is 45.1 Å². The Morgan fingerprint density at radius 3 is 2.68 bits per heavy atom. The topological polar surface area (TPSA) is 58.6 Å². The third kappa shape index (κ3) is 3.71. The fourth-order valence-corrected chi connectivity index (χ4v) is 4.16. The van der Waals surface area contributed by atoms with Crippen molar-refractivity contribution in [2.45, 2.75) is 57.7 Å². The first-order chi connectivity index (χ1) is 12.0. The maximum absolute atomic E-state index is 12.9. The van der Waals surface area contributed by atoms with Gasteiger partial charge >= 0.3 is 5.97 Å². The quantitative estimate of drug-likeness (QED) is 0.834. The van der Waals surface area contributed by atoms with E-state index < -0.39 is 6.04 Å². The highest BCUT2D eigenvalue weighted by Crippen LogP contribution is 2.39. The number of piperidine rings is 1. The number of carbonyl (C=O) groups excluding carboxylic acids is 2. The first-order valence-electron chi connectivity index (χ1n) is 9.27. The minimum atomic E-state index is -0.515. The molecule has 1 amide bonds. The SMILES string of the molecule is CC(C)[C@@H](C(=O)OCc1ccccc1)N1C(=O)CC[C@]12CCCNC2. The summed E-state index contributed by atoms with van der Waals surface area (Å²) in [4.78, 5) is 27.4. The molecule has 0 radical (unpaired) electrons. The normalized spacial score (nSPS) is 24.8. The van der Waals surface area contributed by atoms with Gasteiger partial charge in [0.25, 0.3) is 0 Å². The molecule has 1 N–H and O–H groups in total. The van der Waals surface area contributed by atoms with Gasteiger partial charge in [-0.05, 0) is 37.3 Å². The molecule has 2 saturated heterocycles. The lowest BCUT2D eigenvalue weighted by molar-refractivity contribution is -0.161. The van der Waals surface area contributed by atoms with E-state index in [4.69, 9.17) is 4.74 Å². The zero-order valence-electron chi connectivity index (χ0n) is 15.2. The van der Waals surface area contributed by atoms with E-state index >= 15 is 0 Å². The molecule has 1 spiro atoms. The highest BCUT2D eigenvalue weighted by molar-refractivity contribution is 5.87. The van der Waals surface area contributed by atoms with Gasteiger partial charge < -0.3 is 15.0 Å². The van der Waals surface area contributed by atoms with Gasteiger partial charge in [0.05, 0.1) is 5.54 Å². The third-order valence-electron chi connectivity index (χ3n) is 5.41. The van der Waals surface area contributed by atoms with Crippen LogP contribution in [0.15, 0.2) is 30.3 Å². The predicted molar refractivity (Wildman–Crippen MR) is 95.8 cm³/mol. The number of amides is 1. The Morgan fingerprint density at radius 1 is 1.28 bits per heavy atom. The highest BCUT2D eigenvalue weighted by atomic mass is 16.5. The molecule has 2 heterocycles. The molecule has 0 aromatic heterocycles. The molecule has 1 aromatic carbocycles. The van der Waals surface area contributed by atoms with Crippen molar-refractivity contribution in [3.05, 3.63) is 35.9 Å². The first kappa shape index (κ1) is 17.9. The summed E-state index contributed by atoms with van der Waals surface area (Å²) >= 11 is 0. The molecule has 2 atom stereocenters. The van der Waals surface area contributed by atoms with Gasteiger partial charge in [0, 0.05) is 13.0 Å². The van der Waals surface area contributed by atoms with Crippen molar-refractivity contribution in [2.24, 2.45) is 5.92 Å². The van der Waals surface area contributed by atoms with E-state index in [-0.39, 0.29) is 29.9 Å². The van der Waals surface area contributed by atoms with Crippen LogP contribution < -0.4 is 5.32 Å². The summed E-state index contributed by atoms with van der Waals surface area (Å²) in [5, 5.41) is 3.41. The minimum absolute atomic E-state index is 0.0177. The van der Waals surface area contributed by atoms with Crippen LogP contribution in [0.2, 0.25) is 0 Å². The van der Waals surface area contributed by atoms with Crippen molar-refractivity contribution in [3.63, 3.8) is 0 Å². The number of rotatable bonds is 5. The summed E-state index contributed by atoms with van der Waals surface area (Å²) in [5.41, 5.74) is 0.732. The maximum atomic E-state index is 12.9. The van der Waals surface area contributed by atoms with E-state index in [1.807, 2.05) is 49.1 Å². The lowest BCUT2D eigenvalue weighted by Crippen LogP contribution is -2.61. The Bertz CT molecular complexity index is 609. The van der Waals surface area contributed by atoms with Crippen LogP contribution in [-0.4, -0.2) is 41.4 Å². The van der Waals surface area contributed by atoms with Gasteiger partial charge in [-0.25, -0.2) is 4.79 Å². The van der Waals surface area contributed by atoms with E-state index in [1.54, 1.807) is 0 Å². The fourth-order valence-electron chi connectivity index (χ4n) is 4.16. The number of hydrogen-bond acceptors (Lipinski definition) is 4. The second-order valence-electron chi connectivity index (χ2n) is 7.55. The lowest BCUT2D eigenvalue weighted by atomic mass is 9.85. The standard InChI is InChI=1S/C20H28N2O3/c1-15(2)18(19(24)25-13-16-7-4-3-5-8-16)22-17(23)9-11-20(22)10-6-12-21-14-20/h3-5,7-8,15,18,21H,6,9-14H2,1-2H3/t18-,20-/m0/s1. The molecule has 2 aliphatic rings. The van der Waals surface area contributed by atoms with Crippen molar-refractivity contribution in [1.82, 2.24) is 10.2 Å². The smallest absolute Gasteiger partial charge is 0.329 e. The molecule has 3 rings (SSSR count). The highest BCUT2D eigenvalue weighted by Gasteiger charge is 2.51. The second kappa shape index (κ2) is 7.56. The zero-order chi connectivity index (χ0) is 17.9. The maximum Gasteiger partial charge on any atom is 0.329 e. The van der Waals surface area contributed by atoms with Gasteiger partial charge in [0.1, 0.15) is 12.6 Å². The third-order valence-corrected chi connectivity index (χ3v) is 5.41. The molecule has 0 saturated carbocycles. The Hall–Kier alpha value is -1.88. The molecule has 25 heavy (non-hydrogen) atoms. The first-order valence-corrected chi connectivity index (χ1v) is 9.27. The number of hydrogen-bond donors (Lipinski definition) is 1. The number of ether oxygens (including phenoxy) is 1. The van der Waals surface area contributed by atoms with E-state index in [0.29, 0.717) is 6.42 Å². The largest absolute Gasteiger partial charge is 0.459 e. The molecular formula is C20H28N2O3. The second-order valence-corrected chi connectivity index (χ2v) is 7.55. The van der Waals surface area contributed by atoms with Crippen LogP contribution in [0, 0.1) is 5.92 Å². The number of nitrogens with zero attached hydrogens (tertiary/aromatic N) is 1. The molecule has 2 fully saturated rings. The zero-order valence-corrected chi connectivity index (χ0v) is 15.2. The number of likely N-dealkylation sites (tertiary alicyclic amines) is 1. The van der Waals surface area contributed by atoms with E-state index in [0.717, 1.165) is 37.9 Å². The van der Waals surface area contributed by atoms with E-state index in [1.165, 1.54) is 0 Å². The molecular weight excluding hydrogens is 316 g/mol. The molecule has 0 aliphatic carbocycles. The van der Waals surface area contributed by atoms with Crippen LogP contribution >= 0.6 is 0 Å². The van der Waals surface area contributed by atoms with Gasteiger partial charge in [-0.2, -0.15) is 0 Å². The van der Waals surface area contributed by atoms with Gasteiger partial charge in [-0.1, -0.05) is 44.2 Å². The Balaban J connectivity index is 1.77. The molecule has 5 heteroatoms. The lowest BCUT2D eigenvalue weighted by Gasteiger charge is -2.46. The number of esters is 1. The minimum Gasteiger partial charge on any atom is -0.459 e. The van der Waals surface area contributed by atoms with Gasteiger partial charge in [-0.3, -0.25) is 4.79 Å². The molecule has 2 aliphatic heterocycles. The van der Waals surface area contributed by atoms with Crippen molar-refractivity contribution < 1.29 is 14.3 Å². The number of carbonyl (C=O) groups is 2. The van der Waals surface area contributed by atoms with Crippen LogP contribution in [0.3, 0.4) is 0 Å². The van der Waals surface area contributed by atoms with Crippen LogP contribution in [0.4, 0.5) is 0 Å². The Morgan fingerprint density at radius 2 is 2.04 bits per heavy atom. The average Bonchev–Trinajstić information content (AvgIpc) is 2.91. The van der Waals surface area contributed by atoms with Crippen LogP contribution in [-0.2, 0) is 20.9 Å². The van der Waals surface area contributed by atoms with Crippen LogP contribution in [0.5, 0.6) is 0 Å². The van der Waals surface area contributed by atoms with Gasteiger partial charge in [-0.15, -0.1) is 0 Å². The van der Waals surface area contributed by atoms with Crippen molar-refractivity contribution in [1.29, 1.82) is 0 Å². The fraction of sp³-hybridized carbons (Fsp3) is 0.600. The summed E-state index contributed by atoms with van der Waals surface area (Å²) in [5.74, 6) is -0.192. The molecule has 0 unspecified atom stereocenters. The molecule has 136 valence electrons. The summed E-state index contributed by atoms with van der Waals surface area (Å²) in [6.07, 6.45) is 3.35. The molecule has 5 nitrogen and oxygen atoms in total. The van der Waals surface area contributed by atoms with Crippen molar-refractivity contribution in [2.75, 3.05) is 13.1 Å². The number of benzene rings is 1. The monoisotopic (exact) mass is 344 g/mol. The Kier molecular flexibility index (Phi) is 5.42. The van der Waals surface area contributed by atoms with Crippen molar-refractivity contribution in [3.8, 4) is 0 Å². The van der Waals surface area contributed by atoms with E-state index in [2.05, 4.69) is 5.32 Å². The molecule has 0 bridgehead atoms. The van der Waals surface area contributed by atoms with Crippen molar-refractivity contribution >= 4 is 11.9 Å². The van der Waals surface area contributed by atoms with Gasteiger partial charge in [0.15, 0.2) is 0 Å². The van der Waals surface area contributed by atoms with E-state index in [9.17, 15) is 9.59 Å². The molecule has 1 aromatic rings. The van der Waals surface area contributed by atoms with Crippen LogP contribution in [0.25, 0.3) is 0 Å². The predicted octanol–water partition coefficient (Wildman–Crippen LogP) is 2.50. The average molecular weight is 344 g/mol. The van der Waals surface area contributed by atoms with Gasteiger partial charge in [0.2, 0.25) is 5.91 Å².